The van der Waals surface area contributed by atoms with E-state index in [0.29, 0.717) is 13.0 Å². The predicted molar refractivity (Wildman–Crippen MR) is 135 cm³/mol. The van der Waals surface area contributed by atoms with Crippen LogP contribution in [0.4, 0.5) is 5.82 Å². The molecule has 0 saturated carbocycles. The molecule has 1 N–H and O–H groups in total. The summed E-state index contributed by atoms with van der Waals surface area (Å²) in [6.45, 7) is 4.61. The smallest absolute Gasteiger partial charge is 0.231 e. The number of carbonyl (C=O) groups excluding carboxylic acids is 1. The Morgan fingerprint density at radius 2 is 1.79 bits per heavy atom. The molecule has 168 valence electrons. The van der Waals surface area contributed by atoms with Gasteiger partial charge < -0.3 is 10.2 Å². The van der Waals surface area contributed by atoms with E-state index >= 15 is 0 Å². The average Bonchev–Trinajstić information content (AvgIpc) is 3.53. The number of carbonyl (C=O) groups is 1. The molecule has 6 heteroatoms. The standard InChI is InChI=1S/C27H28N4OS/c1-27(21-9-3-2-4-10-21,17-25-30-22-11-5-6-12-23(22)33-25)26(32)29-19-20-13-14-24(28-18-20)31-15-7-8-16-31/h2-6,9-14,18H,7-8,15-17,19H2,1H3,(H,29,32). The first-order valence-electron chi connectivity index (χ1n) is 11.5. The van der Waals surface area contributed by atoms with Crippen LogP contribution < -0.4 is 10.2 Å². The van der Waals surface area contributed by atoms with Gasteiger partial charge in [-0.1, -0.05) is 48.5 Å². The van der Waals surface area contributed by atoms with Gasteiger partial charge in [-0.3, -0.25) is 4.79 Å². The number of rotatable bonds is 7. The van der Waals surface area contributed by atoms with E-state index in [1.165, 1.54) is 12.8 Å². The van der Waals surface area contributed by atoms with Gasteiger partial charge in [0.15, 0.2) is 0 Å². The zero-order valence-corrected chi connectivity index (χ0v) is 19.6. The van der Waals surface area contributed by atoms with Crippen LogP contribution in [0.1, 0.15) is 35.9 Å². The first kappa shape index (κ1) is 21.6. The summed E-state index contributed by atoms with van der Waals surface area (Å²) in [7, 11) is 0. The number of amides is 1. The van der Waals surface area contributed by atoms with Crippen LogP contribution in [0, 0.1) is 0 Å². The molecule has 1 aliphatic heterocycles. The van der Waals surface area contributed by atoms with Crippen LogP contribution in [0.15, 0.2) is 72.9 Å². The number of para-hydroxylation sites is 1. The first-order valence-corrected chi connectivity index (χ1v) is 12.3. The van der Waals surface area contributed by atoms with E-state index in [2.05, 4.69) is 33.4 Å². The quantitative estimate of drug-likeness (QED) is 0.420. The molecule has 5 nitrogen and oxygen atoms in total. The van der Waals surface area contributed by atoms with Gasteiger partial charge in [0, 0.05) is 32.3 Å². The fourth-order valence-electron chi connectivity index (χ4n) is 4.45. The van der Waals surface area contributed by atoms with E-state index in [-0.39, 0.29) is 5.91 Å². The van der Waals surface area contributed by atoms with Crippen LogP contribution in [0.3, 0.4) is 0 Å². The summed E-state index contributed by atoms with van der Waals surface area (Å²) in [5.74, 6) is 1.02. The third-order valence-corrected chi connectivity index (χ3v) is 7.48. The van der Waals surface area contributed by atoms with Crippen LogP contribution in [0.5, 0.6) is 0 Å². The van der Waals surface area contributed by atoms with Crippen LogP contribution in [-0.4, -0.2) is 29.0 Å². The highest BCUT2D eigenvalue weighted by atomic mass is 32.1. The number of fused-ring (bicyclic) bond motifs is 1. The van der Waals surface area contributed by atoms with Crippen LogP contribution in [0.25, 0.3) is 10.2 Å². The summed E-state index contributed by atoms with van der Waals surface area (Å²) in [5.41, 5.74) is 2.25. The van der Waals surface area contributed by atoms with Crippen molar-refractivity contribution in [3.8, 4) is 0 Å². The number of hydrogen-bond donors (Lipinski definition) is 1. The number of anilines is 1. The number of pyridine rings is 1. The van der Waals surface area contributed by atoms with Gasteiger partial charge in [0.2, 0.25) is 5.91 Å². The highest BCUT2D eigenvalue weighted by Gasteiger charge is 2.36. The second kappa shape index (κ2) is 9.32. The minimum absolute atomic E-state index is 0.00317. The van der Waals surface area contributed by atoms with Gasteiger partial charge in [0.25, 0.3) is 0 Å². The van der Waals surface area contributed by atoms with Crippen LogP contribution in [-0.2, 0) is 23.2 Å². The Bertz CT molecular complexity index is 1200. The molecule has 1 fully saturated rings. The van der Waals surface area contributed by atoms with E-state index in [1.54, 1.807) is 11.3 Å². The average molecular weight is 457 g/mol. The van der Waals surface area contributed by atoms with E-state index in [1.807, 2.05) is 61.7 Å². The molecule has 0 spiro atoms. The van der Waals surface area contributed by atoms with E-state index in [9.17, 15) is 4.79 Å². The number of aromatic nitrogens is 2. The van der Waals surface area contributed by atoms with E-state index in [4.69, 9.17) is 4.98 Å². The summed E-state index contributed by atoms with van der Waals surface area (Å²) in [6, 6.07) is 22.3. The molecular weight excluding hydrogens is 428 g/mol. The van der Waals surface area contributed by atoms with Gasteiger partial charge in [0.05, 0.1) is 20.6 Å². The lowest BCUT2D eigenvalue weighted by Gasteiger charge is -2.28. The van der Waals surface area contributed by atoms with Crippen molar-refractivity contribution >= 4 is 33.3 Å². The third-order valence-electron chi connectivity index (χ3n) is 6.45. The molecule has 0 radical (unpaired) electrons. The second-order valence-electron chi connectivity index (χ2n) is 8.85. The topological polar surface area (TPSA) is 58.1 Å². The lowest BCUT2D eigenvalue weighted by Crippen LogP contribution is -2.43. The van der Waals surface area contributed by atoms with Crippen LogP contribution in [0.2, 0.25) is 0 Å². The molecule has 33 heavy (non-hydrogen) atoms. The molecular formula is C27H28N4OS. The lowest BCUT2D eigenvalue weighted by atomic mass is 9.78. The molecule has 4 aromatic rings. The van der Waals surface area contributed by atoms with Gasteiger partial charge in [-0.25, -0.2) is 9.97 Å². The fourth-order valence-corrected chi connectivity index (χ4v) is 5.57. The van der Waals surface area contributed by atoms with E-state index < -0.39 is 5.41 Å². The predicted octanol–water partition coefficient (Wildman–Crippen LogP) is 5.11. The summed E-state index contributed by atoms with van der Waals surface area (Å²) >= 11 is 1.66. The summed E-state index contributed by atoms with van der Waals surface area (Å²) < 4.78 is 1.15. The van der Waals surface area contributed by atoms with Gasteiger partial charge >= 0.3 is 0 Å². The molecule has 2 aromatic heterocycles. The molecule has 1 aliphatic rings. The van der Waals surface area contributed by atoms with Gasteiger partial charge in [0.1, 0.15) is 5.82 Å². The second-order valence-corrected chi connectivity index (χ2v) is 9.97. The Hall–Kier alpha value is -3.25. The number of benzene rings is 2. The number of thiazole rings is 1. The molecule has 1 saturated heterocycles. The molecule has 2 aromatic carbocycles. The van der Waals surface area contributed by atoms with Crippen molar-refractivity contribution in [3.05, 3.63) is 89.1 Å². The Kier molecular flexibility index (Phi) is 6.09. The minimum Gasteiger partial charge on any atom is -0.357 e. The van der Waals surface area contributed by atoms with Gasteiger partial charge in [-0.2, -0.15) is 0 Å². The summed E-state index contributed by atoms with van der Waals surface area (Å²) in [5, 5.41) is 4.13. The largest absolute Gasteiger partial charge is 0.357 e. The highest BCUT2D eigenvalue weighted by Crippen LogP contribution is 2.32. The summed E-state index contributed by atoms with van der Waals surface area (Å²) in [6.07, 6.45) is 4.88. The Labute approximate surface area is 198 Å². The normalized spacial score (nSPS) is 15.5. The molecule has 1 amide bonds. The molecule has 1 unspecified atom stereocenters. The fraction of sp³-hybridized carbons (Fsp3) is 0.296. The summed E-state index contributed by atoms with van der Waals surface area (Å²) in [4.78, 5) is 25.3. The van der Waals surface area contributed by atoms with Gasteiger partial charge in [-0.05, 0) is 49.1 Å². The Balaban J connectivity index is 1.34. The zero-order valence-electron chi connectivity index (χ0n) is 18.8. The highest BCUT2D eigenvalue weighted by molar-refractivity contribution is 7.18. The third kappa shape index (κ3) is 4.62. The maximum atomic E-state index is 13.6. The van der Waals surface area contributed by atoms with Crippen molar-refractivity contribution in [3.63, 3.8) is 0 Å². The molecule has 0 aliphatic carbocycles. The first-order chi connectivity index (χ1) is 16.1. The molecule has 0 bridgehead atoms. The lowest BCUT2D eigenvalue weighted by molar-refractivity contribution is -0.126. The molecule has 1 atom stereocenters. The molecule has 3 heterocycles. The number of nitrogens with one attached hydrogen (secondary N) is 1. The monoisotopic (exact) mass is 456 g/mol. The maximum Gasteiger partial charge on any atom is 0.231 e. The van der Waals surface area contributed by atoms with Crippen LogP contribution >= 0.6 is 11.3 Å². The van der Waals surface area contributed by atoms with Crippen molar-refractivity contribution in [2.75, 3.05) is 18.0 Å². The Morgan fingerprint density at radius 1 is 1.03 bits per heavy atom. The van der Waals surface area contributed by atoms with E-state index in [0.717, 1.165) is 45.3 Å². The maximum absolute atomic E-state index is 13.6. The van der Waals surface area contributed by atoms with Crippen molar-refractivity contribution < 1.29 is 4.79 Å². The van der Waals surface area contributed by atoms with Crippen molar-refractivity contribution in [1.82, 2.24) is 15.3 Å². The SMILES string of the molecule is CC(Cc1nc2ccccc2s1)(C(=O)NCc1ccc(N2CCCC2)nc1)c1ccccc1. The Morgan fingerprint density at radius 3 is 2.52 bits per heavy atom. The number of hydrogen-bond acceptors (Lipinski definition) is 5. The zero-order chi connectivity index (χ0) is 22.7. The minimum atomic E-state index is -0.724. The number of nitrogens with zero attached hydrogens (tertiary/aromatic N) is 3. The van der Waals surface area contributed by atoms with Gasteiger partial charge in [-0.15, -0.1) is 11.3 Å². The molecule has 5 rings (SSSR count). The van der Waals surface area contributed by atoms with Crippen molar-refractivity contribution in [2.24, 2.45) is 0 Å². The van der Waals surface area contributed by atoms with Crippen molar-refractivity contribution in [2.45, 2.75) is 38.1 Å². The van der Waals surface area contributed by atoms with Crippen molar-refractivity contribution in [1.29, 1.82) is 0 Å².